The SMILES string of the molecule is CCC(N)(NCCc1ccccc1)c1ccccc1. The van der Waals surface area contributed by atoms with Crippen LogP contribution in [0.25, 0.3) is 0 Å². The molecule has 1 atom stereocenters. The van der Waals surface area contributed by atoms with Gasteiger partial charge in [0.2, 0.25) is 0 Å². The van der Waals surface area contributed by atoms with E-state index in [-0.39, 0.29) is 0 Å². The Kier molecular flexibility index (Phi) is 4.72. The summed E-state index contributed by atoms with van der Waals surface area (Å²) in [5.41, 5.74) is 8.52. The number of nitrogens with two attached hydrogens (primary N) is 1. The van der Waals surface area contributed by atoms with Gasteiger partial charge < -0.3 is 5.73 Å². The van der Waals surface area contributed by atoms with Gasteiger partial charge in [0.15, 0.2) is 0 Å². The molecule has 2 nitrogen and oxygen atoms in total. The number of hydrogen-bond donors (Lipinski definition) is 2. The highest BCUT2D eigenvalue weighted by Crippen LogP contribution is 2.18. The minimum absolute atomic E-state index is 0.434. The molecule has 2 rings (SSSR count). The Balaban J connectivity index is 1.96. The maximum Gasteiger partial charge on any atom is 0.0922 e. The summed E-state index contributed by atoms with van der Waals surface area (Å²) in [6.07, 6.45) is 1.86. The standard InChI is InChI=1S/C17H22N2/c1-2-17(18,16-11-7-4-8-12-16)19-14-13-15-9-5-3-6-10-15/h3-12,19H,2,13-14,18H2,1H3. The predicted molar refractivity (Wildman–Crippen MR) is 80.7 cm³/mol. The van der Waals surface area contributed by atoms with Crippen LogP contribution >= 0.6 is 0 Å². The highest BCUT2D eigenvalue weighted by Gasteiger charge is 2.23. The van der Waals surface area contributed by atoms with E-state index in [4.69, 9.17) is 5.73 Å². The van der Waals surface area contributed by atoms with Crippen LogP contribution in [0.4, 0.5) is 0 Å². The van der Waals surface area contributed by atoms with E-state index in [2.05, 4.69) is 48.6 Å². The van der Waals surface area contributed by atoms with Crippen molar-refractivity contribution in [1.29, 1.82) is 0 Å². The Morgan fingerprint density at radius 2 is 1.53 bits per heavy atom. The lowest BCUT2D eigenvalue weighted by atomic mass is 9.97. The molecule has 0 amide bonds. The van der Waals surface area contributed by atoms with Crippen molar-refractivity contribution in [1.82, 2.24) is 5.32 Å². The summed E-state index contributed by atoms with van der Waals surface area (Å²) in [6, 6.07) is 20.7. The average Bonchev–Trinajstić information content (AvgIpc) is 2.49. The molecule has 0 saturated heterocycles. The van der Waals surface area contributed by atoms with E-state index >= 15 is 0 Å². The van der Waals surface area contributed by atoms with Crippen LogP contribution in [0.5, 0.6) is 0 Å². The third-order valence-corrected chi connectivity index (χ3v) is 3.54. The fourth-order valence-electron chi connectivity index (χ4n) is 2.24. The van der Waals surface area contributed by atoms with E-state index in [0.29, 0.717) is 0 Å². The molecule has 1 unspecified atom stereocenters. The van der Waals surface area contributed by atoms with E-state index in [9.17, 15) is 0 Å². The third kappa shape index (κ3) is 3.66. The average molecular weight is 254 g/mol. The van der Waals surface area contributed by atoms with Gasteiger partial charge in [-0.05, 0) is 24.0 Å². The lowest BCUT2D eigenvalue weighted by Gasteiger charge is -2.30. The van der Waals surface area contributed by atoms with E-state index in [0.717, 1.165) is 24.9 Å². The molecule has 0 aliphatic heterocycles. The van der Waals surface area contributed by atoms with Crippen molar-refractivity contribution in [2.75, 3.05) is 6.54 Å². The molecule has 0 fully saturated rings. The van der Waals surface area contributed by atoms with E-state index in [1.54, 1.807) is 0 Å². The van der Waals surface area contributed by atoms with Crippen molar-refractivity contribution >= 4 is 0 Å². The van der Waals surface area contributed by atoms with Gasteiger partial charge >= 0.3 is 0 Å². The van der Waals surface area contributed by atoms with Gasteiger partial charge in [-0.15, -0.1) is 0 Å². The Morgan fingerprint density at radius 1 is 0.947 bits per heavy atom. The van der Waals surface area contributed by atoms with Crippen molar-refractivity contribution in [2.24, 2.45) is 5.73 Å². The monoisotopic (exact) mass is 254 g/mol. The van der Waals surface area contributed by atoms with Crippen LogP contribution in [0.3, 0.4) is 0 Å². The molecule has 0 aliphatic rings. The molecule has 0 radical (unpaired) electrons. The number of benzene rings is 2. The highest BCUT2D eigenvalue weighted by molar-refractivity contribution is 5.23. The molecular weight excluding hydrogens is 232 g/mol. The van der Waals surface area contributed by atoms with Crippen LogP contribution in [0.15, 0.2) is 60.7 Å². The molecule has 0 heterocycles. The van der Waals surface area contributed by atoms with Crippen LogP contribution in [-0.2, 0) is 12.1 Å². The van der Waals surface area contributed by atoms with Crippen molar-refractivity contribution in [3.63, 3.8) is 0 Å². The molecule has 2 heteroatoms. The Morgan fingerprint density at radius 3 is 2.11 bits per heavy atom. The molecule has 0 spiro atoms. The van der Waals surface area contributed by atoms with Crippen LogP contribution < -0.4 is 11.1 Å². The molecular formula is C17H22N2. The van der Waals surface area contributed by atoms with Crippen molar-refractivity contribution < 1.29 is 0 Å². The molecule has 0 bridgehead atoms. The lowest BCUT2D eigenvalue weighted by Crippen LogP contribution is -2.50. The fraction of sp³-hybridized carbons (Fsp3) is 0.294. The minimum atomic E-state index is -0.434. The van der Waals surface area contributed by atoms with Crippen molar-refractivity contribution in [3.05, 3.63) is 71.8 Å². The van der Waals surface area contributed by atoms with Gasteiger partial charge in [0.05, 0.1) is 5.66 Å². The Hall–Kier alpha value is -1.64. The normalized spacial score (nSPS) is 14.0. The van der Waals surface area contributed by atoms with Gasteiger partial charge in [-0.3, -0.25) is 5.32 Å². The van der Waals surface area contributed by atoms with Gasteiger partial charge in [-0.1, -0.05) is 67.6 Å². The molecule has 0 saturated carbocycles. The summed E-state index contributed by atoms with van der Waals surface area (Å²) < 4.78 is 0. The predicted octanol–water partition coefficient (Wildman–Crippen LogP) is 3.04. The lowest BCUT2D eigenvalue weighted by molar-refractivity contribution is 0.334. The van der Waals surface area contributed by atoms with Gasteiger partial charge in [0, 0.05) is 6.54 Å². The summed E-state index contributed by atoms with van der Waals surface area (Å²) in [5.74, 6) is 0. The van der Waals surface area contributed by atoms with E-state index in [1.165, 1.54) is 5.56 Å². The fourth-order valence-corrected chi connectivity index (χ4v) is 2.24. The maximum absolute atomic E-state index is 6.47. The first-order valence-corrected chi connectivity index (χ1v) is 6.88. The van der Waals surface area contributed by atoms with Gasteiger partial charge in [-0.25, -0.2) is 0 Å². The molecule has 0 aromatic heterocycles. The molecule has 19 heavy (non-hydrogen) atoms. The van der Waals surface area contributed by atoms with Crippen LogP contribution in [0, 0.1) is 0 Å². The molecule has 2 aromatic rings. The van der Waals surface area contributed by atoms with E-state index in [1.807, 2.05) is 24.3 Å². The van der Waals surface area contributed by atoms with E-state index < -0.39 is 5.66 Å². The minimum Gasteiger partial charge on any atom is -0.310 e. The summed E-state index contributed by atoms with van der Waals surface area (Å²) in [4.78, 5) is 0. The van der Waals surface area contributed by atoms with Crippen LogP contribution in [-0.4, -0.2) is 6.54 Å². The highest BCUT2D eigenvalue weighted by atomic mass is 15.1. The second kappa shape index (κ2) is 6.50. The van der Waals surface area contributed by atoms with Crippen molar-refractivity contribution in [3.8, 4) is 0 Å². The topological polar surface area (TPSA) is 38.0 Å². The van der Waals surface area contributed by atoms with Gasteiger partial charge in [-0.2, -0.15) is 0 Å². The number of hydrogen-bond acceptors (Lipinski definition) is 2. The van der Waals surface area contributed by atoms with Crippen molar-refractivity contribution in [2.45, 2.75) is 25.4 Å². The third-order valence-electron chi connectivity index (χ3n) is 3.54. The number of nitrogens with one attached hydrogen (secondary N) is 1. The summed E-state index contributed by atoms with van der Waals surface area (Å²) in [5, 5.41) is 3.49. The smallest absolute Gasteiger partial charge is 0.0922 e. The van der Waals surface area contributed by atoms with Crippen LogP contribution in [0.2, 0.25) is 0 Å². The zero-order valence-electron chi connectivity index (χ0n) is 11.5. The molecule has 3 N–H and O–H groups in total. The summed E-state index contributed by atoms with van der Waals surface area (Å²) in [6.45, 7) is 2.99. The molecule has 2 aromatic carbocycles. The quantitative estimate of drug-likeness (QED) is 0.778. The maximum atomic E-state index is 6.47. The van der Waals surface area contributed by atoms with Gasteiger partial charge in [0.1, 0.15) is 0 Å². The Labute approximate surface area is 115 Å². The second-order valence-electron chi connectivity index (χ2n) is 4.85. The zero-order valence-corrected chi connectivity index (χ0v) is 11.5. The Bertz CT molecular complexity index is 481. The molecule has 0 aliphatic carbocycles. The first-order valence-electron chi connectivity index (χ1n) is 6.88. The largest absolute Gasteiger partial charge is 0.310 e. The first kappa shape index (κ1) is 13.8. The van der Waals surface area contributed by atoms with Crippen LogP contribution in [0.1, 0.15) is 24.5 Å². The summed E-state index contributed by atoms with van der Waals surface area (Å²) in [7, 11) is 0. The summed E-state index contributed by atoms with van der Waals surface area (Å²) >= 11 is 0. The second-order valence-corrected chi connectivity index (χ2v) is 4.85. The zero-order chi connectivity index (χ0) is 13.6. The van der Waals surface area contributed by atoms with Gasteiger partial charge in [0.25, 0.3) is 0 Å². The first-order chi connectivity index (χ1) is 9.24. The number of rotatable bonds is 6. The molecule has 100 valence electrons.